The lowest BCUT2D eigenvalue weighted by atomic mass is 9.84. The van der Waals surface area contributed by atoms with E-state index in [2.05, 4.69) is 34.1 Å². The monoisotopic (exact) mass is 412 g/mol. The molecule has 154 valence electrons. The van der Waals surface area contributed by atoms with Crippen LogP contribution < -0.4 is 0 Å². The van der Waals surface area contributed by atoms with Crippen LogP contribution in [0.5, 0.6) is 0 Å². The van der Waals surface area contributed by atoms with Crippen LogP contribution in [0.3, 0.4) is 0 Å². The van der Waals surface area contributed by atoms with E-state index >= 15 is 0 Å². The Labute approximate surface area is 176 Å². The van der Waals surface area contributed by atoms with Gasteiger partial charge in [0.2, 0.25) is 0 Å². The summed E-state index contributed by atoms with van der Waals surface area (Å²) in [5.41, 5.74) is 2.67. The summed E-state index contributed by atoms with van der Waals surface area (Å²) < 4.78 is 14.1. The second kappa shape index (κ2) is 8.38. The Morgan fingerprint density at radius 2 is 1.59 bits per heavy atom. The van der Waals surface area contributed by atoms with Crippen LogP contribution in [0.4, 0.5) is 4.39 Å². The smallest absolute Gasteiger partial charge is 0.123 e. The standard InChI is InChI=1S/C24H29FN2OS/c25-18-5-6-24-22(15-18)21-14-17(16-27-9-7-26(8-10-27)11-12-28)13-20(21)19-3-1-2-4-23(19)29-24/h1-6,15,17,20-21,28H,7-14,16H2. The lowest BCUT2D eigenvalue weighted by molar-refractivity contribution is 0.102. The largest absolute Gasteiger partial charge is 0.395 e. The summed E-state index contributed by atoms with van der Waals surface area (Å²) in [7, 11) is 0. The number of hydrogen-bond donors (Lipinski definition) is 1. The maximum Gasteiger partial charge on any atom is 0.123 e. The van der Waals surface area contributed by atoms with Gasteiger partial charge in [0.15, 0.2) is 0 Å². The molecule has 0 amide bonds. The highest BCUT2D eigenvalue weighted by Gasteiger charge is 2.40. The van der Waals surface area contributed by atoms with Gasteiger partial charge < -0.3 is 10.0 Å². The molecule has 2 fully saturated rings. The third-order valence-electron chi connectivity index (χ3n) is 6.97. The van der Waals surface area contributed by atoms with Crippen molar-refractivity contribution in [2.24, 2.45) is 5.92 Å². The Morgan fingerprint density at radius 3 is 2.38 bits per heavy atom. The van der Waals surface area contributed by atoms with Gasteiger partial charge >= 0.3 is 0 Å². The van der Waals surface area contributed by atoms with Crippen LogP contribution in [0.15, 0.2) is 52.3 Å². The number of halogens is 1. The van der Waals surface area contributed by atoms with E-state index in [-0.39, 0.29) is 12.4 Å². The number of piperazine rings is 1. The van der Waals surface area contributed by atoms with Gasteiger partial charge in [-0.1, -0.05) is 30.0 Å². The quantitative estimate of drug-likeness (QED) is 0.815. The number of aliphatic hydroxyl groups is 1. The van der Waals surface area contributed by atoms with E-state index in [0.29, 0.717) is 17.8 Å². The minimum Gasteiger partial charge on any atom is -0.395 e. The van der Waals surface area contributed by atoms with Crippen molar-refractivity contribution in [2.45, 2.75) is 34.5 Å². The van der Waals surface area contributed by atoms with Crippen LogP contribution in [0.1, 0.15) is 35.8 Å². The van der Waals surface area contributed by atoms with Crippen molar-refractivity contribution >= 4 is 11.8 Å². The van der Waals surface area contributed by atoms with Crippen molar-refractivity contribution in [2.75, 3.05) is 45.9 Å². The van der Waals surface area contributed by atoms with E-state index in [1.54, 1.807) is 12.1 Å². The minimum absolute atomic E-state index is 0.113. The van der Waals surface area contributed by atoms with Crippen molar-refractivity contribution in [3.63, 3.8) is 0 Å². The van der Waals surface area contributed by atoms with Crippen LogP contribution in [0.25, 0.3) is 0 Å². The van der Waals surface area contributed by atoms with Crippen molar-refractivity contribution < 1.29 is 9.50 Å². The molecule has 1 aliphatic carbocycles. The third kappa shape index (κ3) is 3.98. The molecule has 3 atom stereocenters. The first-order chi connectivity index (χ1) is 14.2. The van der Waals surface area contributed by atoms with Crippen LogP contribution in [0, 0.1) is 11.7 Å². The summed E-state index contributed by atoms with van der Waals surface area (Å²) >= 11 is 1.81. The van der Waals surface area contributed by atoms with Crippen LogP contribution in [-0.2, 0) is 0 Å². The average molecular weight is 413 g/mol. The SMILES string of the molecule is OCCN1CCN(CC2CC3c4ccccc4Sc4ccc(F)cc4C3C2)CC1. The predicted molar refractivity (Wildman–Crippen MR) is 115 cm³/mol. The van der Waals surface area contributed by atoms with Crippen LogP contribution >= 0.6 is 11.8 Å². The molecule has 0 spiro atoms. The number of nitrogens with zero attached hydrogens (tertiary/aromatic N) is 2. The molecule has 29 heavy (non-hydrogen) atoms. The maximum atomic E-state index is 14.1. The molecule has 2 aromatic carbocycles. The number of rotatable bonds is 4. The van der Waals surface area contributed by atoms with Crippen molar-refractivity contribution in [1.29, 1.82) is 0 Å². The zero-order valence-corrected chi connectivity index (χ0v) is 17.6. The molecule has 3 nitrogen and oxygen atoms in total. The zero-order chi connectivity index (χ0) is 19.8. The lowest BCUT2D eigenvalue weighted by Crippen LogP contribution is -2.48. The summed E-state index contributed by atoms with van der Waals surface area (Å²) in [5.74, 6) is 1.44. The second-order valence-corrected chi connectivity index (χ2v) is 9.82. The molecule has 1 saturated carbocycles. The average Bonchev–Trinajstić information content (AvgIpc) is 3.10. The maximum absolute atomic E-state index is 14.1. The number of hydrogen-bond acceptors (Lipinski definition) is 4. The van der Waals surface area contributed by atoms with E-state index in [9.17, 15) is 4.39 Å². The second-order valence-electron chi connectivity index (χ2n) is 8.74. The Morgan fingerprint density at radius 1 is 0.897 bits per heavy atom. The van der Waals surface area contributed by atoms with E-state index in [0.717, 1.165) is 45.7 Å². The molecule has 2 aromatic rings. The van der Waals surface area contributed by atoms with Gasteiger partial charge in [-0.2, -0.15) is 0 Å². The van der Waals surface area contributed by atoms with E-state index in [4.69, 9.17) is 5.11 Å². The van der Waals surface area contributed by atoms with Gasteiger partial charge in [0.05, 0.1) is 6.61 Å². The van der Waals surface area contributed by atoms with E-state index in [1.165, 1.54) is 27.3 Å². The summed E-state index contributed by atoms with van der Waals surface area (Å²) in [6.45, 7) is 6.45. The fourth-order valence-electron chi connectivity index (χ4n) is 5.58. The fourth-order valence-corrected chi connectivity index (χ4v) is 6.77. The first-order valence-corrected chi connectivity index (χ1v) is 11.6. The summed E-state index contributed by atoms with van der Waals surface area (Å²) in [6, 6.07) is 14.2. The topological polar surface area (TPSA) is 26.7 Å². The van der Waals surface area contributed by atoms with Gasteiger partial charge in [-0.3, -0.25) is 4.90 Å². The molecule has 1 saturated heterocycles. The summed E-state index contributed by atoms with van der Waals surface area (Å²) in [4.78, 5) is 7.51. The Hall–Kier alpha value is -1.40. The highest BCUT2D eigenvalue weighted by atomic mass is 32.2. The lowest BCUT2D eigenvalue weighted by Gasteiger charge is -2.35. The number of aliphatic hydroxyl groups excluding tert-OH is 1. The van der Waals surface area contributed by atoms with Gasteiger partial charge in [0.1, 0.15) is 5.82 Å². The first kappa shape index (κ1) is 19.6. The van der Waals surface area contributed by atoms with Gasteiger partial charge in [-0.25, -0.2) is 4.39 Å². The number of fused-ring (bicyclic) bond motifs is 5. The Bertz CT molecular complexity index is 868. The molecule has 3 unspecified atom stereocenters. The fraction of sp³-hybridized carbons (Fsp3) is 0.500. The Balaban J connectivity index is 1.36. The first-order valence-electron chi connectivity index (χ1n) is 10.8. The molecule has 0 radical (unpaired) electrons. The van der Waals surface area contributed by atoms with Crippen molar-refractivity contribution in [3.8, 4) is 0 Å². The normalized spacial score (nSPS) is 27.2. The number of benzene rings is 2. The van der Waals surface area contributed by atoms with Crippen molar-refractivity contribution in [1.82, 2.24) is 9.80 Å². The van der Waals surface area contributed by atoms with E-state index < -0.39 is 0 Å². The number of β-amino-alcohol motifs (C(OH)–C–C–N with tert-alkyl or cyclic N) is 1. The highest BCUT2D eigenvalue weighted by Crippen LogP contribution is 2.56. The summed E-state index contributed by atoms with van der Waals surface area (Å²) in [6.07, 6.45) is 2.34. The highest BCUT2D eigenvalue weighted by molar-refractivity contribution is 7.99. The Kier molecular flexibility index (Phi) is 5.65. The molecule has 0 aromatic heterocycles. The van der Waals surface area contributed by atoms with E-state index in [1.807, 2.05) is 17.8 Å². The summed E-state index contributed by atoms with van der Waals surface area (Å²) in [5, 5.41) is 9.15. The van der Waals surface area contributed by atoms with Gasteiger partial charge in [-0.15, -0.1) is 0 Å². The van der Waals surface area contributed by atoms with Gasteiger partial charge in [-0.05, 0) is 66.0 Å². The van der Waals surface area contributed by atoms with Crippen LogP contribution in [0.2, 0.25) is 0 Å². The molecule has 5 rings (SSSR count). The third-order valence-corrected chi connectivity index (χ3v) is 8.15. The van der Waals surface area contributed by atoms with Gasteiger partial charge in [0, 0.05) is 49.1 Å². The molecule has 2 heterocycles. The van der Waals surface area contributed by atoms with Crippen LogP contribution in [-0.4, -0.2) is 60.8 Å². The van der Waals surface area contributed by atoms with Gasteiger partial charge in [0.25, 0.3) is 0 Å². The molecule has 1 N–H and O–H groups in total. The minimum atomic E-state index is -0.113. The zero-order valence-electron chi connectivity index (χ0n) is 16.8. The molecular weight excluding hydrogens is 383 g/mol. The molecule has 2 aliphatic heterocycles. The molecular formula is C24H29FN2OS. The molecule has 3 aliphatic rings. The predicted octanol–water partition coefficient (Wildman–Crippen LogP) is 4.18. The van der Waals surface area contributed by atoms with Crippen molar-refractivity contribution in [3.05, 3.63) is 59.4 Å². The molecule has 5 heteroatoms. The molecule has 0 bridgehead atoms.